The van der Waals surface area contributed by atoms with Crippen LogP contribution >= 0.6 is 0 Å². The van der Waals surface area contributed by atoms with Crippen molar-refractivity contribution in [3.63, 3.8) is 0 Å². The summed E-state index contributed by atoms with van der Waals surface area (Å²) in [6.07, 6.45) is -5.18. The molecule has 0 unspecified atom stereocenters. The van der Waals surface area contributed by atoms with Crippen LogP contribution in [0.15, 0.2) is 30.3 Å². The minimum Gasteiger partial charge on any atom is -0.463 e. The average molecular weight is 451 g/mol. The van der Waals surface area contributed by atoms with Crippen LogP contribution in [0.25, 0.3) is 0 Å². The van der Waals surface area contributed by atoms with E-state index in [2.05, 4.69) is 5.32 Å². The van der Waals surface area contributed by atoms with Crippen molar-refractivity contribution >= 4 is 29.8 Å². The first-order valence-electron chi connectivity index (χ1n) is 9.75. The highest BCUT2D eigenvalue weighted by Crippen LogP contribution is 2.28. The molecule has 0 radical (unpaired) electrons. The van der Waals surface area contributed by atoms with Gasteiger partial charge in [-0.05, 0) is 12.1 Å². The summed E-state index contributed by atoms with van der Waals surface area (Å²) in [6, 6.07) is 6.88. The average Bonchev–Trinajstić information content (AvgIpc) is 2.70. The summed E-state index contributed by atoms with van der Waals surface area (Å²) >= 11 is 0. The maximum Gasteiger partial charge on any atom is 0.305 e. The summed E-state index contributed by atoms with van der Waals surface area (Å²) in [4.78, 5) is 59.3. The third kappa shape index (κ3) is 7.05. The van der Waals surface area contributed by atoms with Gasteiger partial charge >= 0.3 is 23.9 Å². The van der Waals surface area contributed by atoms with E-state index in [1.807, 2.05) is 0 Å². The number of esters is 4. The molecule has 1 heterocycles. The van der Waals surface area contributed by atoms with E-state index < -0.39 is 60.4 Å². The van der Waals surface area contributed by atoms with Crippen LogP contribution in [0.2, 0.25) is 0 Å². The van der Waals surface area contributed by atoms with E-state index in [0.717, 1.165) is 20.8 Å². The topological polar surface area (TPSA) is 144 Å². The molecule has 2 rings (SSSR count). The lowest BCUT2D eigenvalue weighted by Crippen LogP contribution is -2.67. The third-order valence-electron chi connectivity index (χ3n) is 4.32. The zero-order valence-electron chi connectivity index (χ0n) is 18.1. The molecule has 11 nitrogen and oxygen atoms in total. The number of rotatable bonds is 7. The van der Waals surface area contributed by atoms with Gasteiger partial charge in [0.25, 0.3) is 5.91 Å². The molecule has 0 aromatic heterocycles. The van der Waals surface area contributed by atoms with Gasteiger partial charge in [-0.25, -0.2) is 0 Å². The van der Waals surface area contributed by atoms with Gasteiger partial charge in [0.2, 0.25) is 6.29 Å². The van der Waals surface area contributed by atoms with Gasteiger partial charge in [0.1, 0.15) is 18.8 Å². The largest absolute Gasteiger partial charge is 0.463 e. The number of ether oxygens (including phenoxy) is 5. The van der Waals surface area contributed by atoms with Crippen molar-refractivity contribution in [1.29, 1.82) is 0 Å². The van der Waals surface area contributed by atoms with E-state index in [9.17, 15) is 24.0 Å². The van der Waals surface area contributed by atoms with Gasteiger partial charge in [-0.15, -0.1) is 0 Å². The second kappa shape index (κ2) is 11.2. The first-order valence-corrected chi connectivity index (χ1v) is 9.75. The fourth-order valence-electron chi connectivity index (χ4n) is 3.14. The number of nitrogens with one attached hydrogen (secondary N) is 1. The predicted octanol–water partition coefficient (Wildman–Crippen LogP) is 0.500. The maximum atomic E-state index is 12.8. The van der Waals surface area contributed by atoms with E-state index in [1.54, 1.807) is 30.3 Å². The van der Waals surface area contributed by atoms with Gasteiger partial charge in [0, 0.05) is 33.3 Å². The molecule has 1 N–H and O–H groups in total. The van der Waals surface area contributed by atoms with Crippen molar-refractivity contribution < 1.29 is 47.7 Å². The Morgan fingerprint density at radius 1 is 0.812 bits per heavy atom. The van der Waals surface area contributed by atoms with Crippen LogP contribution in [0.4, 0.5) is 0 Å². The Morgan fingerprint density at radius 2 is 1.38 bits per heavy atom. The second-order valence-electron chi connectivity index (χ2n) is 6.97. The molecule has 11 heteroatoms. The number of benzene rings is 1. The molecule has 0 spiro atoms. The van der Waals surface area contributed by atoms with Gasteiger partial charge in [-0.3, -0.25) is 24.0 Å². The molecule has 5 atom stereocenters. The minimum absolute atomic E-state index is 0.279. The van der Waals surface area contributed by atoms with Gasteiger partial charge < -0.3 is 29.0 Å². The van der Waals surface area contributed by atoms with Crippen LogP contribution in [0.1, 0.15) is 38.1 Å². The van der Waals surface area contributed by atoms with Gasteiger partial charge in [-0.2, -0.15) is 0 Å². The van der Waals surface area contributed by atoms with Crippen LogP contribution in [0, 0.1) is 0 Å². The zero-order valence-corrected chi connectivity index (χ0v) is 18.1. The molecule has 1 saturated heterocycles. The first-order chi connectivity index (χ1) is 15.1. The standard InChI is InChI=1S/C21H25NO10/c1-11(23)28-10-16-18(29-12(2)24)19(30-13(3)25)17(21(32-16)31-14(4)26)22-20(27)15-8-6-5-7-9-15/h5-9,16-19,21H,10H2,1-4H3,(H,22,27)/t16-,17+,18-,19-,21-/m0/s1. The minimum atomic E-state index is -1.43. The monoisotopic (exact) mass is 451 g/mol. The van der Waals surface area contributed by atoms with Crippen LogP contribution in [0.3, 0.4) is 0 Å². The second-order valence-corrected chi connectivity index (χ2v) is 6.97. The summed E-state index contributed by atoms with van der Waals surface area (Å²) in [5, 5.41) is 2.62. The first kappa shape index (κ1) is 24.8. The molecule has 1 aromatic carbocycles. The molecule has 174 valence electrons. The highest BCUT2D eigenvalue weighted by Gasteiger charge is 2.52. The quantitative estimate of drug-likeness (QED) is 0.460. The smallest absolute Gasteiger partial charge is 0.305 e. The SMILES string of the molecule is CC(=O)OC[C@@H]1O[C@H](OC(C)=O)[C@H](NC(=O)c2ccccc2)[C@H](OC(C)=O)[C@H]1OC(C)=O. The number of hydrogen-bond donors (Lipinski definition) is 1. The molecule has 0 aliphatic carbocycles. The Kier molecular flexibility index (Phi) is 8.71. The molecular formula is C21H25NO10. The Morgan fingerprint density at radius 3 is 1.91 bits per heavy atom. The van der Waals surface area contributed by atoms with Crippen molar-refractivity contribution in [2.75, 3.05) is 6.61 Å². The van der Waals surface area contributed by atoms with Crippen LogP contribution in [-0.4, -0.2) is 67.0 Å². The van der Waals surface area contributed by atoms with Crippen LogP contribution in [0.5, 0.6) is 0 Å². The Balaban J connectivity index is 2.44. The highest BCUT2D eigenvalue weighted by atomic mass is 16.7. The number of amides is 1. The van der Waals surface area contributed by atoms with Crippen molar-refractivity contribution in [2.24, 2.45) is 0 Å². The van der Waals surface area contributed by atoms with E-state index in [4.69, 9.17) is 23.7 Å². The molecule has 0 saturated carbocycles. The van der Waals surface area contributed by atoms with Gasteiger partial charge in [0.05, 0.1) is 0 Å². The molecule has 1 aliphatic rings. The lowest BCUT2D eigenvalue weighted by atomic mass is 9.95. The normalized spacial score (nSPS) is 24.6. The van der Waals surface area contributed by atoms with Gasteiger partial charge in [-0.1, -0.05) is 18.2 Å². The van der Waals surface area contributed by atoms with E-state index in [0.29, 0.717) is 0 Å². The maximum absolute atomic E-state index is 12.8. The summed E-state index contributed by atoms with van der Waals surface area (Å²) in [5.41, 5.74) is 0.279. The molecule has 1 fully saturated rings. The van der Waals surface area contributed by atoms with Crippen molar-refractivity contribution in [3.05, 3.63) is 35.9 Å². The summed E-state index contributed by atoms with van der Waals surface area (Å²) in [6.45, 7) is 4.16. The highest BCUT2D eigenvalue weighted by molar-refractivity contribution is 5.94. The summed E-state index contributed by atoms with van der Waals surface area (Å²) < 4.78 is 26.5. The molecule has 1 aromatic rings. The van der Waals surface area contributed by atoms with E-state index in [-0.39, 0.29) is 12.2 Å². The predicted molar refractivity (Wildman–Crippen MR) is 106 cm³/mol. The van der Waals surface area contributed by atoms with Gasteiger partial charge in [0.15, 0.2) is 12.2 Å². The Hall–Kier alpha value is -3.47. The fourth-order valence-corrected chi connectivity index (χ4v) is 3.14. The van der Waals surface area contributed by atoms with Crippen LogP contribution < -0.4 is 5.32 Å². The molecular weight excluding hydrogens is 426 g/mol. The number of carbonyl (C=O) groups excluding carboxylic acids is 5. The molecule has 32 heavy (non-hydrogen) atoms. The number of carbonyl (C=O) groups is 5. The summed E-state index contributed by atoms with van der Waals surface area (Å²) in [5.74, 6) is -3.44. The molecule has 1 aliphatic heterocycles. The zero-order chi connectivity index (χ0) is 23.8. The summed E-state index contributed by atoms with van der Waals surface area (Å²) in [7, 11) is 0. The lowest BCUT2D eigenvalue weighted by Gasteiger charge is -2.44. The van der Waals surface area contributed by atoms with Crippen molar-refractivity contribution in [2.45, 2.75) is 58.3 Å². The number of hydrogen-bond acceptors (Lipinski definition) is 10. The van der Waals surface area contributed by atoms with Crippen LogP contribution in [-0.2, 0) is 42.9 Å². The van der Waals surface area contributed by atoms with Crippen molar-refractivity contribution in [3.8, 4) is 0 Å². The Labute approximate surface area is 184 Å². The van der Waals surface area contributed by atoms with E-state index >= 15 is 0 Å². The third-order valence-corrected chi connectivity index (χ3v) is 4.32. The van der Waals surface area contributed by atoms with E-state index in [1.165, 1.54) is 6.92 Å². The molecule has 1 amide bonds. The molecule has 0 bridgehead atoms. The fraction of sp³-hybridized carbons (Fsp3) is 0.476. The Bertz CT molecular complexity index is 855. The van der Waals surface area contributed by atoms with Crippen molar-refractivity contribution in [1.82, 2.24) is 5.32 Å². The lowest BCUT2D eigenvalue weighted by molar-refractivity contribution is -0.270.